The van der Waals surface area contributed by atoms with Gasteiger partial charge in [0.05, 0.1) is 23.0 Å². The Morgan fingerprint density at radius 2 is 1.54 bits per heavy atom. The Kier molecular flexibility index (Phi) is 6.27. The van der Waals surface area contributed by atoms with E-state index >= 15 is 0 Å². The number of rotatable bonds is 7. The van der Waals surface area contributed by atoms with Crippen LogP contribution in [0.5, 0.6) is 0 Å². The van der Waals surface area contributed by atoms with Crippen molar-refractivity contribution in [2.24, 2.45) is 17.8 Å². The van der Waals surface area contributed by atoms with Crippen molar-refractivity contribution in [3.8, 4) is 0 Å². The fourth-order valence-electron chi connectivity index (χ4n) is 3.29. The van der Waals surface area contributed by atoms with E-state index in [0.717, 1.165) is 4.90 Å². The first kappa shape index (κ1) is 21.6. The molecule has 2 rings (SSSR count). The highest BCUT2D eigenvalue weighted by Gasteiger charge is 2.43. The summed E-state index contributed by atoms with van der Waals surface area (Å²) in [5, 5.41) is 9.72. The lowest BCUT2D eigenvalue weighted by Crippen LogP contribution is -2.44. The smallest absolute Gasteiger partial charge is 0.312 e. The van der Waals surface area contributed by atoms with Crippen molar-refractivity contribution in [3.05, 3.63) is 35.4 Å². The number of fused-ring (bicyclic) bond motifs is 1. The van der Waals surface area contributed by atoms with Crippen LogP contribution >= 0.6 is 0 Å². The average molecular weight is 389 g/mol. The summed E-state index contributed by atoms with van der Waals surface area (Å²) in [6.45, 7) is 8.42. The van der Waals surface area contributed by atoms with Crippen molar-refractivity contribution in [2.45, 2.75) is 46.6 Å². The molecule has 1 aliphatic heterocycles. The van der Waals surface area contributed by atoms with Crippen LogP contribution in [0.15, 0.2) is 24.3 Å². The topological polar surface area (TPSA) is 101 Å². The average Bonchev–Trinajstić information content (AvgIpc) is 2.80. The quantitative estimate of drug-likeness (QED) is 0.568. The minimum absolute atomic E-state index is 0.00761. The van der Waals surface area contributed by atoms with Crippen LogP contribution in [-0.4, -0.2) is 45.9 Å². The third kappa shape index (κ3) is 4.77. The molecule has 0 aromatic heterocycles. The van der Waals surface area contributed by atoms with E-state index in [9.17, 15) is 24.3 Å². The number of amides is 2. The number of esters is 1. The molecule has 7 nitrogen and oxygen atoms in total. The molecule has 7 heteroatoms. The summed E-state index contributed by atoms with van der Waals surface area (Å²) in [6, 6.07) is 6.39. The Morgan fingerprint density at radius 3 is 1.93 bits per heavy atom. The third-order valence-corrected chi connectivity index (χ3v) is 4.50. The molecule has 1 N–H and O–H groups in total. The number of carboxylic acids is 1. The third-order valence-electron chi connectivity index (χ3n) is 4.50. The van der Waals surface area contributed by atoms with Gasteiger partial charge in [-0.15, -0.1) is 0 Å². The van der Waals surface area contributed by atoms with E-state index in [-0.39, 0.29) is 30.0 Å². The molecule has 1 aromatic rings. The van der Waals surface area contributed by atoms with E-state index in [4.69, 9.17) is 4.74 Å². The van der Waals surface area contributed by atoms with Crippen molar-refractivity contribution in [2.75, 3.05) is 6.54 Å². The molecule has 1 aromatic carbocycles. The lowest BCUT2D eigenvalue weighted by Gasteiger charge is -2.30. The van der Waals surface area contributed by atoms with Crippen LogP contribution in [0.1, 0.15) is 61.8 Å². The summed E-state index contributed by atoms with van der Waals surface area (Å²) in [4.78, 5) is 51.0. The molecular weight excluding hydrogens is 362 g/mol. The highest BCUT2D eigenvalue weighted by Crippen LogP contribution is 2.29. The zero-order chi connectivity index (χ0) is 21.2. The van der Waals surface area contributed by atoms with E-state index in [0.29, 0.717) is 0 Å². The van der Waals surface area contributed by atoms with Gasteiger partial charge in [0.15, 0.2) is 0 Å². The van der Waals surface area contributed by atoms with E-state index < -0.39 is 41.2 Å². The van der Waals surface area contributed by atoms with E-state index in [1.165, 1.54) is 0 Å². The van der Waals surface area contributed by atoms with Crippen LogP contribution in [0.2, 0.25) is 0 Å². The lowest BCUT2D eigenvalue weighted by atomic mass is 9.84. The van der Waals surface area contributed by atoms with Gasteiger partial charge in [0.25, 0.3) is 11.8 Å². The molecule has 28 heavy (non-hydrogen) atoms. The Bertz CT molecular complexity index is 757. The summed E-state index contributed by atoms with van der Waals surface area (Å²) in [5.41, 5.74) is -0.310. The van der Waals surface area contributed by atoms with E-state index in [1.807, 2.05) is 13.8 Å². The monoisotopic (exact) mass is 389 g/mol. The van der Waals surface area contributed by atoms with Crippen LogP contribution in [0.3, 0.4) is 0 Å². The highest BCUT2D eigenvalue weighted by atomic mass is 16.6. The number of hydrogen-bond acceptors (Lipinski definition) is 5. The molecule has 1 heterocycles. The first-order valence-corrected chi connectivity index (χ1v) is 9.33. The fourth-order valence-corrected chi connectivity index (χ4v) is 3.29. The molecule has 152 valence electrons. The first-order valence-electron chi connectivity index (χ1n) is 9.33. The minimum atomic E-state index is -1.15. The van der Waals surface area contributed by atoms with Gasteiger partial charge < -0.3 is 9.84 Å². The Labute approximate surface area is 164 Å². The summed E-state index contributed by atoms with van der Waals surface area (Å²) in [5.74, 6) is -5.14. The van der Waals surface area contributed by atoms with Crippen LogP contribution in [0, 0.1) is 17.8 Å². The zero-order valence-corrected chi connectivity index (χ0v) is 16.9. The normalized spacial score (nSPS) is 16.1. The number of hydrogen-bond donors (Lipinski definition) is 1. The molecule has 0 fully saturated rings. The maximum absolute atomic E-state index is 12.8. The Morgan fingerprint density at radius 1 is 1.04 bits per heavy atom. The fraction of sp³-hybridized carbons (Fsp3) is 0.524. The van der Waals surface area contributed by atoms with Gasteiger partial charge in [-0.3, -0.25) is 24.1 Å². The summed E-state index contributed by atoms with van der Waals surface area (Å²) in [6.07, 6.45) is 0.225. The van der Waals surface area contributed by atoms with Crippen molar-refractivity contribution < 1.29 is 29.0 Å². The molecule has 0 spiro atoms. The van der Waals surface area contributed by atoms with Gasteiger partial charge >= 0.3 is 11.9 Å². The second kappa shape index (κ2) is 8.12. The Balaban J connectivity index is 2.37. The maximum atomic E-state index is 12.8. The van der Waals surface area contributed by atoms with E-state index in [2.05, 4.69) is 0 Å². The molecule has 0 radical (unpaired) electrons. The predicted molar refractivity (Wildman–Crippen MR) is 102 cm³/mol. The maximum Gasteiger partial charge on any atom is 0.312 e. The van der Waals surface area contributed by atoms with Crippen molar-refractivity contribution >= 4 is 23.8 Å². The Hall–Kier alpha value is -2.70. The molecule has 1 unspecified atom stereocenters. The molecule has 0 saturated carbocycles. The number of ether oxygens (including phenoxy) is 1. The SMILES string of the molecule is CC(C)CC(C(=O)O)[C@H](CN1C(=O)c2ccccc2C1=O)C(=O)OC(C)(C)C. The van der Waals surface area contributed by atoms with Gasteiger partial charge in [-0.05, 0) is 45.2 Å². The molecular formula is C21H27NO6. The highest BCUT2D eigenvalue weighted by molar-refractivity contribution is 6.21. The largest absolute Gasteiger partial charge is 0.481 e. The van der Waals surface area contributed by atoms with E-state index in [1.54, 1.807) is 45.0 Å². The van der Waals surface area contributed by atoms with Gasteiger partial charge in [0.2, 0.25) is 0 Å². The number of nitrogens with zero attached hydrogens (tertiary/aromatic N) is 1. The predicted octanol–water partition coefficient (Wildman–Crippen LogP) is 2.99. The number of imide groups is 1. The molecule has 2 atom stereocenters. The number of carbonyl (C=O) groups excluding carboxylic acids is 3. The number of aliphatic carboxylic acids is 1. The first-order chi connectivity index (χ1) is 12.9. The molecule has 0 bridgehead atoms. The molecule has 1 aliphatic rings. The van der Waals surface area contributed by atoms with Gasteiger partial charge in [0.1, 0.15) is 5.60 Å². The van der Waals surface area contributed by atoms with Crippen molar-refractivity contribution in [1.82, 2.24) is 4.90 Å². The number of benzene rings is 1. The lowest BCUT2D eigenvalue weighted by molar-refractivity contribution is -0.167. The summed E-state index contributed by atoms with van der Waals surface area (Å²) >= 11 is 0. The van der Waals surface area contributed by atoms with Crippen molar-refractivity contribution in [3.63, 3.8) is 0 Å². The molecule has 0 aliphatic carbocycles. The van der Waals surface area contributed by atoms with Crippen molar-refractivity contribution in [1.29, 1.82) is 0 Å². The second-order valence-corrected chi connectivity index (χ2v) is 8.48. The summed E-state index contributed by atoms with van der Waals surface area (Å²) < 4.78 is 5.42. The van der Waals surface area contributed by atoms with Crippen LogP contribution < -0.4 is 0 Å². The van der Waals surface area contributed by atoms with Crippen LogP contribution in [0.25, 0.3) is 0 Å². The summed E-state index contributed by atoms with van der Waals surface area (Å²) in [7, 11) is 0. The standard InChI is InChI=1S/C21H27NO6/c1-12(2)10-15(19(25)26)16(20(27)28-21(3,4)5)11-22-17(23)13-8-6-7-9-14(13)18(22)24/h6-9,12,15-16H,10-11H2,1-5H3,(H,25,26)/t15?,16-/m0/s1. The van der Waals surface area contributed by atoms with Crippen LogP contribution in [-0.2, 0) is 14.3 Å². The second-order valence-electron chi connectivity index (χ2n) is 8.48. The van der Waals surface area contributed by atoms with Gasteiger partial charge in [-0.1, -0.05) is 26.0 Å². The molecule has 0 saturated heterocycles. The van der Waals surface area contributed by atoms with Gasteiger partial charge in [0, 0.05) is 6.54 Å². The zero-order valence-electron chi connectivity index (χ0n) is 16.9. The van der Waals surface area contributed by atoms with Gasteiger partial charge in [-0.25, -0.2) is 0 Å². The molecule has 2 amide bonds. The number of carbonyl (C=O) groups is 4. The number of carboxylic acid groups (broad SMARTS) is 1. The van der Waals surface area contributed by atoms with Gasteiger partial charge in [-0.2, -0.15) is 0 Å². The van der Waals surface area contributed by atoms with Crippen LogP contribution in [0.4, 0.5) is 0 Å². The minimum Gasteiger partial charge on any atom is -0.481 e.